The molecule has 0 aliphatic rings. The van der Waals surface area contributed by atoms with E-state index >= 15 is 0 Å². The van der Waals surface area contributed by atoms with Crippen molar-refractivity contribution in [1.29, 1.82) is 0 Å². The summed E-state index contributed by atoms with van der Waals surface area (Å²) >= 11 is 0. The first-order valence-electron chi connectivity index (χ1n) is 6.10. The maximum atomic E-state index is 10.8. The standard InChI is InChI=1S/C15H17N3O/c1-11-5-2-3-6-12(11)10-17-13-7-4-8-14(9-13)18-15(16)19/h2-9,17H,10H2,1H3,(H3,16,18,19). The van der Waals surface area contributed by atoms with Crippen molar-refractivity contribution in [3.05, 3.63) is 59.7 Å². The molecule has 2 aromatic carbocycles. The number of anilines is 2. The lowest BCUT2D eigenvalue weighted by Gasteiger charge is -2.10. The number of hydrogen-bond donors (Lipinski definition) is 3. The zero-order chi connectivity index (χ0) is 13.7. The van der Waals surface area contributed by atoms with Crippen LogP contribution in [0, 0.1) is 6.92 Å². The molecular formula is C15H17N3O. The maximum absolute atomic E-state index is 10.8. The summed E-state index contributed by atoms with van der Waals surface area (Å²) in [7, 11) is 0. The van der Waals surface area contributed by atoms with Gasteiger partial charge in [-0.2, -0.15) is 0 Å². The minimum atomic E-state index is -0.559. The van der Waals surface area contributed by atoms with Crippen molar-refractivity contribution in [2.75, 3.05) is 10.6 Å². The number of nitrogens with two attached hydrogens (primary N) is 1. The molecule has 0 bridgehead atoms. The number of benzene rings is 2. The summed E-state index contributed by atoms with van der Waals surface area (Å²) in [4.78, 5) is 10.8. The summed E-state index contributed by atoms with van der Waals surface area (Å²) in [5.74, 6) is 0. The molecule has 0 saturated heterocycles. The Labute approximate surface area is 112 Å². The first kappa shape index (κ1) is 13.0. The van der Waals surface area contributed by atoms with Crippen molar-refractivity contribution in [1.82, 2.24) is 0 Å². The Bertz CT molecular complexity index is 581. The summed E-state index contributed by atoms with van der Waals surface area (Å²) in [6, 6.07) is 15.1. The van der Waals surface area contributed by atoms with E-state index in [-0.39, 0.29) is 0 Å². The van der Waals surface area contributed by atoms with Crippen LogP contribution in [-0.2, 0) is 6.54 Å². The molecule has 0 aliphatic carbocycles. The predicted octanol–water partition coefficient (Wildman–Crippen LogP) is 3.10. The Morgan fingerprint density at radius 3 is 2.58 bits per heavy atom. The molecular weight excluding hydrogens is 238 g/mol. The minimum Gasteiger partial charge on any atom is -0.381 e. The zero-order valence-corrected chi connectivity index (χ0v) is 10.8. The average Bonchev–Trinajstić information content (AvgIpc) is 2.37. The van der Waals surface area contributed by atoms with Gasteiger partial charge in [0.25, 0.3) is 0 Å². The highest BCUT2D eigenvalue weighted by atomic mass is 16.2. The van der Waals surface area contributed by atoms with Gasteiger partial charge in [0.2, 0.25) is 0 Å². The average molecular weight is 255 g/mol. The van der Waals surface area contributed by atoms with Gasteiger partial charge in [0, 0.05) is 17.9 Å². The molecule has 0 fully saturated rings. The molecule has 2 amide bonds. The summed E-state index contributed by atoms with van der Waals surface area (Å²) in [5.41, 5.74) is 9.21. The summed E-state index contributed by atoms with van der Waals surface area (Å²) in [6.07, 6.45) is 0. The summed E-state index contributed by atoms with van der Waals surface area (Å²) < 4.78 is 0. The number of amides is 2. The van der Waals surface area contributed by atoms with Crippen molar-refractivity contribution in [3.63, 3.8) is 0 Å². The molecule has 2 rings (SSSR count). The lowest BCUT2D eigenvalue weighted by Crippen LogP contribution is -2.19. The third-order valence-corrected chi connectivity index (χ3v) is 2.87. The zero-order valence-electron chi connectivity index (χ0n) is 10.8. The van der Waals surface area contributed by atoms with Gasteiger partial charge in [0.15, 0.2) is 0 Å². The Kier molecular flexibility index (Phi) is 4.03. The van der Waals surface area contributed by atoms with E-state index in [9.17, 15) is 4.79 Å². The Balaban J connectivity index is 2.03. The molecule has 0 heterocycles. The molecule has 0 spiro atoms. The van der Waals surface area contributed by atoms with Crippen molar-refractivity contribution in [2.45, 2.75) is 13.5 Å². The molecule has 4 heteroatoms. The van der Waals surface area contributed by atoms with Gasteiger partial charge in [-0.1, -0.05) is 30.3 Å². The minimum absolute atomic E-state index is 0.559. The fourth-order valence-corrected chi connectivity index (χ4v) is 1.85. The smallest absolute Gasteiger partial charge is 0.316 e. The molecule has 0 atom stereocenters. The largest absolute Gasteiger partial charge is 0.381 e. The van der Waals surface area contributed by atoms with Crippen LogP contribution in [0.4, 0.5) is 16.2 Å². The maximum Gasteiger partial charge on any atom is 0.316 e. The number of aryl methyl sites for hydroxylation is 1. The Hall–Kier alpha value is -2.49. The quantitative estimate of drug-likeness (QED) is 0.785. The van der Waals surface area contributed by atoms with Gasteiger partial charge in [-0.15, -0.1) is 0 Å². The number of carbonyl (C=O) groups excluding carboxylic acids is 1. The van der Waals surface area contributed by atoms with Gasteiger partial charge < -0.3 is 16.4 Å². The first-order valence-corrected chi connectivity index (χ1v) is 6.10. The van der Waals surface area contributed by atoms with Crippen LogP contribution in [0.3, 0.4) is 0 Å². The van der Waals surface area contributed by atoms with E-state index in [1.54, 1.807) is 6.07 Å². The lowest BCUT2D eigenvalue weighted by atomic mass is 10.1. The van der Waals surface area contributed by atoms with Crippen LogP contribution >= 0.6 is 0 Å². The normalized spacial score (nSPS) is 9.95. The third-order valence-electron chi connectivity index (χ3n) is 2.87. The van der Waals surface area contributed by atoms with Gasteiger partial charge in [-0.25, -0.2) is 4.79 Å². The van der Waals surface area contributed by atoms with Gasteiger partial charge in [-0.05, 0) is 36.2 Å². The number of nitrogens with one attached hydrogen (secondary N) is 2. The molecule has 19 heavy (non-hydrogen) atoms. The van der Waals surface area contributed by atoms with Crippen molar-refractivity contribution in [2.24, 2.45) is 5.73 Å². The summed E-state index contributed by atoms with van der Waals surface area (Å²) in [5, 5.41) is 5.88. The molecule has 0 radical (unpaired) electrons. The highest BCUT2D eigenvalue weighted by Gasteiger charge is 2.00. The lowest BCUT2D eigenvalue weighted by molar-refractivity contribution is 0.259. The predicted molar refractivity (Wildman–Crippen MR) is 78.2 cm³/mol. The van der Waals surface area contributed by atoms with Crippen LogP contribution in [0.5, 0.6) is 0 Å². The second kappa shape index (κ2) is 5.91. The van der Waals surface area contributed by atoms with Crippen LogP contribution < -0.4 is 16.4 Å². The second-order valence-corrected chi connectivity index (χ2v) is 4.35. The fraction of sp³-hybridized carbons (Fsp3) is 0.133. The van der Waals surface area contributed by atoms with E-state index in [1.165, 1.54) is 11.1 Å². The van der Waals surface area contributed by atoms with Crippen molar-refractivity contribution in [3.8, 4) is 0 Å². The van der Waals surface area contributed by atoms with Gasteiger partial charge in [0.05, 0.1) is 0 Å². The van der Waals surface area contributed by atoms with Gasteiger partial charge >= 0.3 is 6.03 Å². The molecule has 2 aromatic rings. The number of carbonyl (C=O) groups is 1. The van der Waals surface area contributed by atoms with Crippen molar-refractivity contribution >= 4 is 17.4 Å². The van der Waals surface area contributed by atoms with E-state index in [1.807, 2.05) is 30.3 Å². The van der Waals surface area contributed by atoms with E-state index in [2.05, 4.69) is 29.7 Å². The molecule has 0 aliphatic heterocycles. The SMILES string of the molecule is Cc1ccccc1CNc1cccc(NC(N)=O)c1. The van der Waals surface area contributed by atoms with Gasteiger partial charge in [-0.3, -0.25) is 0 Å². The molecule has 0 aromatic heterocycles. The number of primary amides is 1. The molecule has 0 unspecified atom stereocenters. The first-order chi connectivity index (χ1) is 9.15. The highest BCUT2D eigenvalue weighted by molar-refractivity contribution is 5.88. The Morgan fingerprint density at radius 1 is 1.11 bits per heavy atom. The van der Waals surface area contributed by atoms with Crippen LogP contribution in [0.25, 0.3) is 0 Å². The van der Waals surface area contributed by atoms with Crippen molar-refractivity contribution < 1.29 is 4.79 Å². The second-order valence-electron chi connectivity index (χ2n) is 4.35. The van der Waals surface area contributed by atoms with Crippen LogP contribution in [0.2, 0.25) is 0 Å². The topological polar surface area (TPSA) is 67.2 Å². The monoisotopic (exact) mass is 255 g/mol. The van der Waals surface area contributed by atoms with E-state index in [0.29, 0.717) is 5.69 Å². The van der Waals surface area contributed by atoms with E-state index in [4.69, 9.17) is 5.73 Å². The molecule has 0 saturated carbocycles. The van der Waals surface area contributed by atoms with Crippen LogP contribution in [0.15, 0.2) is 48.5 Å². The fourth-order valence-electron chi connectivity index (χ4n) is 1.85. The molecule has 4 nitrogen and oxygen atoms in total. The van der Waals surface area contributed by atoms with E-state index < -0.39 is 6.03 Å². The Morgan fingerprint density at radius 2 is 1.84 bits per heavy atom. The molecule has 98 valence electrons. The highest BCUT2D eigenvalue weighted by Crippen LogP contribution is 2.16. The third kappa shape index (κ3) is 3.74. The summed E-state index contributed by atoms with van der Waals surface area (Å²) in [6.45, 7) is 2.83. The van der Waals surface area contributed by atoms with E-state index in [0.717, 1.165) is 12.2 Å². The number of rotatable bonds is 4. The van der Waals surface area contributed by atoms with Crippen LogP contribution in [0.1, 0.15) is 11.1 Å². The van der Waals surface area contributed by atoms with Crippen LogP contribution in [-0.4, -0.2) is 6.03 Å². The number of urea groups is 1. The molecule has 4 N–H and O–H groups in total. The number of hydrogen-bond acceptors (Lipinski definition) is 2. The van der Waals surface area contributed by atoms with Gasteiger partial charge in [0.1, 0.15) is 0 Å².